The number of aromatic nitrogens is 1. The SMILES string of the molecule is COc1cc(Cl)c(C)cc1NC(=O)NCc1noc2ccc(C)cc12. The number of hydrogen-bond donors (Lipinski definition) is 2. The third-order valence-electron chi connectivity index (χ3n) is 3.85. The van der Waals surface area contributed by atoms with Crippen LogP contribution in [0.4, 0.5) is 10.5 Å². The summed E-state index contributed by atoms with van der Waals surface area (Å²) in [7, 11) is 1.52. The first-order valence-corrected chi connectivity index (χ1v) is 8.09. The lowest BCUT2D eigenvalue weighted by molar-refractivity contribution is 0.251. The van der Waals surface area contributed by atoms with Gasteiger partial charge in [-0.05, 0) is 37.6 Å². The average Bonchev–Trinajstić information content (AvgIpc) is 2.98. The molecule has 3 rings (SSSR count). The van der Waals surface area contributed by atoms with Crippen LogP contribution in [-0.4, -0.2) is 18.3 Å². The molecule has 2 N–H and O–H groups in total. The van der Waals surface area contributed by atoms with Crippen molar-refractivity contribution in [1.82, 2.24) is 10.5 Å². The molecule has 6 nitrogen and oxygen atoms in total. The van der Waals surface area contributed by atoms with Gasteiger partial charge in [0.05, 0.1) is 19.3 Å². The topological polar surface area (TPSA) is 76.4 Å². The Morgan fingerprint density at radius 2 is 2.08 bits per heavy atom. The Morgan fingerprint density at radius 3 is 2.84 bits per heavy atom. The second-order valence-electron chi connectivity index (χ2n) is 5.74. The standard InChI is InChI=1S/C18H18ClN3O3/c1-10-4-5-16-12(6-10)15(22-25-16)9-20-18(23)21-14-7-11(2)13(19)8-17(14)24-3/h4-8H,9H2,1-3H3,(H2,20,21,23). The van der Waals surface area contributed by atoms with Crippen LogP contribution in [0.1, 0.15) is 16.8 Å². The number of aryl methyl sites for hydroxylation is 2. The fourth-order valence-corrected chi connectivity index (χ4v) is 2.64. The van der Waals surface area contributed by atoms with Crippen LogP contribution >= 0.6 is 11.6 Å². The quantitative estimate of drug-likeness (QED) is 0.722. The van der Waals surface area contributed by atoms with Crippen molar-refractivity contribution in [1.29, 1.82) is 0 Å². The third-order valence-corrected chi connectivity index (χ3v) is 4.25. The van der Waals surface area contributed by atoms with Crippen molar-refractivity contribution in [2.24, 2.45) is 0 Å². The maximum atomic E-state index is 12.2. The molecule has 0 fully saturated rings. The maximum absolute atomic E-state index is 12.2. The number of ether oxygens (including phenoxy) is 1. The van der Waals surface area contributed by atoms with Crippen molar-refractivity contribution < 1.29 is 14.1 Å². The van der Waals surface area contributed by atoms with Gasteiger partial charge in [-0.15, -0.1) is 0 Å². The zero-order valence-electron chi connectivity index (χ0n) is 14.1. The summed E-state index contributed by atoms with van der Waals surface area (Å²) >= 11 is 6.07. The molecule has 1 heterocycles. The minimum absolute atomic E-state index is 0.247. The number of carbonyl (C=O) groups excluding carboxylic acids is 1. The van der Waals surface area contributed by atoms with Gasteiger partial charge in [-0.3, -0.25) is 0 Å². The molecule has 25 heavy (non-hydrogen) atoms. The molecule has 130 valence electrons. The molecule has 0 aliphatic carbocycles. The van der Waals surface area contributed by atoms with Crippen molar-refractivity contribution in [3.05, 3.63) is 52.2 Å². The summed E-state index contributed by atoms with van der Waals surface area (Å²) in [6.07, 6.45) is 0. The summed E-state index contributed by atoms with van der Waals surface area (Å²) in [5.74, 6) is 0.494. The summed E-state index contributed by atoms with van der Waals surface area (Å²) in [6, 6.07) is 8.85. The molecule has 0 aliphatic rings. The number of fused-ring (bicyclic) bond motifs is 1. The first kappa shape index (κ1) is 17.1. The van der Waals surface area contributed by atoms with E-state index in [0.717, 1.165) is 16.5 Å². The number of halogens is 1. The van der Waals surface area contributed by atoms with E-state index in [2.05, 4.69) is 15.8 Å². The fraction of sp³-hybridized carbons (Fsp3) is 0.222. The Bertz CT molecular complexity index is 937. The van der Waals surface area contributed by atoms with Crippen LogP contribution in [-0.2, 0) is 6.54 Å². The molecule has 0 saturated carbocycles. The predicted octanol–water partition coefficient (Wildman–Crippen LogP) is 4.43. The lowest BCUT2D eigenvalue weighted by atomic mass is 10.1. The molecule has 0 spiro atoms. The van der Waals surface area contributed by atoms with Gasteiger partial charge in [0.2, 0.25) is 0 Å². The smallest absolute Gasteiger partial charge is 0.319 e. The summed E-state index contributed by atoms with van der Waals surface area (Å²) in [5.41, 5.74) is 3.85. The van der Waals surface area contributed by atoms with Crippen LogP contribution in [0.2, 0.25) is 5.02 Å². The Morgan fingerprint density at radius 1 is 1.28 bits per heavy atom. The monoisotopic (exact) mass is 359 g/mol. The minimum atomic E-state index is -0.371. The van der Waals surface area contributed by atoms with Crippen molar-refractivity contribution in [3.8, 4) is 5.75 Å². The lowest BCUT2D eigenvalue weighted by Gasteiger charge is -2.12. The number of amides is 2. The number of benzene rings is 2. The summed E-state index contributed by atoms with van der Waals surface area (Å²) < 4.78 is 10.5. The van der Waals surface area contributed by atoms with E-state index >= 15 is 0 Å². The number of urea groups is 1. The van der Waals surface area contributed by atoms with Gasteiger partial charge in [-0.1, -0.05) is 28.4 Å². The second kappa shape index (κ2) is 7.03. The van der Waals surface area contributed by atoms with Crippen molar-refractivity contribution in [3.63, 3.8) is 0 Å². The van der Waals surface area contributed by atoms with Crippen molar-refractivity contribution >= 4 is 34.3 Å². The van der Waals surface area contributed by atoms with E-state index in [0.29, 0.717) is 27.7 Å². The average molecular weight is 360 g/mol. The highest BCUT2D eigenvalue weighted by Gasteiger charge is 2.12. The van der Waals surface area contributed by atoms with E-state index in [9.17, 15) is 4.79 Å². The van der Waals surface area contributed by atoms with Crippen LogP contribution in [0, 0.1) is 13.8 Å². The number of nitrogens with zero attached hydrogens (tertiary/aromatic N) is 1. The van der Waals surface area contributed by atoms with Crippen LogP contribution in [0.5, 0.6) is 5.75 Å². The van der Waals surface area contributed by atoms with Gasteiger partial charge < -0.3 is 19.9 Å². The molecule has 0 aliphatic heterocycles. The fourth-order valence-electron chi connectivity index (χ4n) is 2.49. The summed E-state index contributed by atoms with van der Waals surface area (Å²) in [4.78, 5) is 12.2. The van der Waals surface area contributed by atoms with E-state index < -0.39 is 0 Å². The zero-order chi connectivity index (χ0) is 18.0. The van der Waals surface area contributed by atoms with Crippen LogP contribution in [0.15, 0.2) is 34.9 Å². The van der Waals surface area contributed by atoms with E-state index in [1.54, 1.807) is 12.1 Å². The number of carbonyl (C=O) groups is 1. The van der Waals surface area contributed by atoms with Gasteiger partial charge in [0.25, 0.3) is 0 Å². The highest BCUT2D eigenvalue weighted by atomic mass is 35.5. The molecule has 3 aromatic rings. The van der Waals surface area contributed by atoms with Gasteiger partial charge in [0.15, 0.2) is 5.58 Å². The number of hydrogen-bond acceptors (Lipinski definition) is 4. The van der Waals surface area contributed by atoms with E-state index in [4.69, 9.17) is 20.9 Å². The van der Waals surface area contributed by atoms with Gasteiger partial charge in [-0.25, -0.2) is 4.79 Å². The van der Waals surface area contributed by atoms with Crippen LogP contribution < -0.4 is 15.4 Å². The number of nitrogens with one attached hydrogen (secondary N) is 2. The van der Waals surface area contributed by atoms with Crippen molar-refractivity contribution in [2.75, 3.05) is 12.4 Å². The minimum Gasteiger partial charge on any atom is -0.495 e. The molecular weight excluding hydrogens is 342 g/mol. The maximum Gasteiger partial charge on any atom is 0.319 e. The number of anilines is 1. The molecule has 0 atom stereocenters. The van der Waals surface area contributed by atoms with Gasteiger partial charge in [0, 0.05) is 16.5 Å². The largest absolute Gasteiger partial charge is 0.495 e. The Kier molecular flexibility index (Phi) is 4.81. The zero-order valence-corrected chi connectivity index (χ0v) is 14.9. The molecular formula is C18H18ClN3O3. The number of rotatable bonds is 4. The van der Waals surface area contributed by atoms with E-state index in [1.165, 1.54) is 7.11 Å². The molecule has 7 heteroatoms. The van der Waals surface area contributed by atoms with Crippen LogP contribution in [0.25, 0.3) is 11.0 Å². The molecule has 0 unspecified atom stereocenters. The molecule has 0 radical (unpaired) electrons. The van der Waals surface area contributed by atoms with E-state index in [1.807, 2.05) is 32.0 Å². The molecule has 0 saturated heterocycles. The molecule has 2 aromatic carbocycles. The molecule has 1 aromatic heterocycles. The normalized spacial score (nSPS) is 10.7. The lowest BCUT2D eigenvalue weighted by Crippen LogP contribution is -2.28. The Labute approximate surface area is 150 Å². The Hall–Kier alpha value is -2.73. The van der Waals surface area contributed by atoms with Crippen molar-refractivity contribution in [2.45, 2.75) is 20.4 Å². The summed E-state index contributed by atoms with van der Waals surface area (Å²) in [6.45, 7) is 4.09. The van der Waals surface area contributed by atoms with Gasteiger partial charge in [-0.2, -0.15) is 0 Å². The second-order valence-corrected chi connectivity index (χ2v) is 6.15. The highest BCUT2D eigenvalue weighted by molar-refractivity contribution is 6.31. The van der Waals surface area contributed by atoms with E-state index in [-0.39, 0.29) is 12.6 Å². The number of methoxy groups -OCH3 is 1. The molecule has 2 amide bonds. The first-order chi connectivity index (χ1) is 12.0. The summed E-state index contributed by atoms with van der Waals surface area (Å²) in [5, 5.41) is 11.0. The van der Waals surface area contributed by atoms with Gasteiger partial charge in [0.1, 0.15) is 11.4 Å². The molecule has 0 bridgehead atoms. The van der Waals surface area contributed by atoms with Crippen LogP contribution in [0.3, 0.4) is 0 Å². The first-order valence-electron chi connectivity index (χ1n) is 7.72. The third kappa shape index (κ3) is 3.69. The Balaban J connectivity index is 1.71. The predicted molar refractivity (Wildman–Crippen MR) is 97.3 cm³/mol. The van der Waals surface area contributed by atoms with Gasteiger partial charge >= 0.3 is 6.03 Å². The highest BCUT2D eigenvalue weighted by Crippen LogP contribution is 2.30.